The molecule has 0 aromatic heterocycles. The molecule has 0 saturated heterocycles. The Hall–Kier alpha value is -1.41. The van der Waals surface area contributed by atoms with E-state index in [2.05, 4.69) is 0 Å². The zero-order valence-corrected chi connectivity index (χ0v) is 15.4. The van der Waals surface area contributed by atoms with Crippen molar-refractivity contribution in [3.63, 3.8) is 0 Å². The number of carbonyl (C=O) groups is 2. The van der Waals surface area contributed by atoms with Crippen molar-refractivity contribution in [1.82, 2.24) is 4.90 Å². The van der Waals surface area contributed by atoms with Crippen LogP contribution in [0.3, 0.4) is 0 Å². The van der Waals surface area contributed by atoms with Gasteiger partial charge in [0.2, 0.25) is 6.10 Å². The fraction of sp³-hybridized carbons (Fsp3) is 0.800. The minimum atomic E-state index is -1.82. The average Bonchev–Trinajstić information content (AvgIpc) is 2.43. The van der Waals surface area contributed by atoms with E-state index in [-0.39, 0.29) is 5.17 Å². The van der Waals surface area contributed by atoms with Crippen molar-refractivity contribution < 1.29 is 28.9 Å². The second kappa shape index (κ2) is 10.4. The van der Waals surface area contributed by atoms with Gasteiger partial charge < -0.3 is 24.2 Å². The molecule has 2 atom stereocenters. The second-order valence-corrected chi connectivity index (χ2v) is 5.74. The molecule has 8 heteroatoms. The quantitative estimate of drug-likeness (QED) is 0.518. The number of rotatable bonds is 8. The molecule has 0 rings (SSSR count). The summed E-state index contributed by atoms with van der Waals surface area (Å²) in [5.74, 6) is -1.84. The Bertz CT molecular complexity index is 409. The Kier molecular flexibility index (Phi) is 9.74. The summed E-state index contributed by atoms with van der Waals surface area (Å²) >= 11 is 5.11. The van der Waals surface area contributed by atoms with Gasteiger partial charge in [-0.15, -0.1) is 0 Å². The number of nitrogens with zero attached hydrogens (tertiary/aromatic N) is 1. The smallest absolute Gasteiger partial charge is 0.351 e. The van der Waals surface area contributed by atoms with E-state index in [1.165, 1.54) is 0 Å². The topological polar surface area (TPSA) is 85.3 Å². The fourth-order valence-electron chi connectivity index (χ4n) is 1.63. The predicted octanol–water partition coefficient (Wildman–Crippen LogP) is 1.26. The van der Waals surface area contributed by atoms with E-state index in [1.54, 1.807) is 32.6 Å². The molecule has 0 aliphatic rings. The van der Waals surface area contributed by atoms with Gasteiger partial charge in [0.05, 0.1) is 12.2 Å². The van der Waals surface area contributed by atoms with Crippen molar-refractivity contribution in [1.29, 1.82) is 0 Å². The van der Waals surface area contributed by atoms with Crippen molar-refractivity contribution in [3.05, 3.63) is 0 Å². The first-order valence-electron chi connectivity index (χ1n) is 7.68. The molecule has 0 amide bonds. The Labute approximate surface area is 142 Å². The van der Waals surface area contributed by atoms with E-state index in [9.17, 15) is 14.7 Å². The zero-order valence-electron chi connectivity index (χ0n) is 14.6. The standard InChI is InChI=1S/C15H27NO6S/c1-7-16(8-2)15(23)22-12(14(19)21-10(5)6)11(17)13(18)20-9(3)4/h9-12,17H,7-8H2,1-6H3/t11-,12-/m1/s1. The molecule has 0 saturated carbocycles. The molecule has 23 heavy (non-hydrogen) atoms. The lowest BCUT2D eigenvalue weighted by molar-refractivity contribution is -0.176. The van der Waals surface area contributed by atoms with Crippen molar-refractivity contribution in [2.75, 3.05) is 13.1 Å². The summed E-state index contributed by atoms with van der Waals surface area (Å²) in [5, 5.41) is 10.1. The third-order valence-corrected chi connectivity index (χ3v) is 3.07. The summed E-state index contributed by atoms with van der Waals surface area (Å²) in [5.41, 5.74) is 0. The summed E-state index contributed by atoms with van der Waals surface area (Å²) in [6.45, 7) is 11.4. The number of ether oxygens (including phenoxy) is 3. The van der Waals surface area contributed by atoms with Gasteiger partial charge in [-0.05, 0) is 53.8 Å². The van der Waals surface area contributed by atoms with Gasteiger partial charge in [-0.3, -0.25) is 0 Å². The van der Waals surface area contributed by atoms with Crippen LogP contribution < -0.4 is 0 Å². The van der Waals surface area contributed by atoms with Crippen LogP contribution >= 0.6 is 12.2 Å². The third-order valence-electron chi connectivity index (χ3n) is 2.71. The summed E-state index contributed by atoms with van der Waals surface area (Å²) in [6, 6.07) is 0. The number of hydrogen-bond donors (Lipinski definition) is 1. The Balaban J connectivity index is 5.18. The molecule has 0 heterocycles. The van der Waals surface area contributed by atoms with Crippen LogP contribution in [0.4, 0.5) is 0 Å². The summed E-state index contributed by atoms with van der Waals surface area (Å²) in [6.07, 6.45) is -4.26. The van der Waals surface area contributed by atoms with E-state index in [0.717, 1.165) is 0 Å². The van der Waals surface area contributed by atoms with Crippen LogP contribution in [-0.2, 0) is 23.8 Å². The molecule has 0 radical (unpaired) electrons. The van der Waals surface area contributed by atoms with Crippen molar-refractivity contribution in [3.8, 4) is 0 Å². The number of carbonyl (C=O) groups excluding carboxylic acids is 2. The minimum Gasteiger partial charge on any atom is -0.461 e. The van der Waals surface area contributed by atoms with Crippen LogP contribution in [0.15, 0.2) is 0 Å². The highest BCUT2D eigenvalue weighted by Crippen LogP contribution is 2.11. The van der Waals surface area contributed by atoms with E-state index in [0.29, 0.717) is 13.1 Å². The SMILES string of the molecule is CCN(CC)C(=S)O[C@@H](C(=O)OC(C)C)[C@@H](O)C(=O)OC(C)C. The molecule has 0 aliphatic carbocycles. The summed E-state index contributed by atoms with van der Waals surface area (Å²) < 4.78 is 15.3. The number of thiocarbonyl (C=S) groups is 1. The molecule has 0 spiro atoms. The first kappa shape index (κ1) is 21.6. The van der Waals surface area contributed by atoms with Crippen molar-refractivity contribution in [2.45, 2.75) is 66.0 Å². The summed E-state index contributed by atoms with van der Waals surface area (Å²) in [7, 11) is 0. The molecular weight excluding hydrogens is 322 g/mol. The minimum absolute atomic E-state index is 0.0112. The number of esters is 2. The van der Waals surface area contributed by atoms with E-state index in [1.807, 2.05) is 13.8 Å². The van der Waals surface area contributed by atoms with Crippen LogP contribution in [0.1, 0.15) is 41.5 Å². The fourth-order valence-corrected chi connectivity index (χ4v) is 1.99. The largest absolute Gasteiger partial charge is 0.461 e. The molecule has 0 aromatic rings. The lowest BCUT2D eigenvalue weighted by Gasteiger charge is -2.27. The van der Waals surface area contributed by atoms with Crippen LogP contribution in [0.5, 0.6) is 0 Å². The van der Waals surface area contributed by atoms with Crippen LogP contribution in [0.2, 0.25) is 0 Å². The van der Waals surface area contributed by atoms with E-state index in [4.69, 9.17) is 26.4 Å². The third kappa shape index (κ3) is 7.60. The highest BCUT2D eigenvalue weighted by molar-refractivity contribution is 7.80. The van der Waals surface area contributed by atoms with Gasteiger partial charge in [-0.2, -0.15) is 0 Å². The van der Waals surface area contributed by atoms with Crippen LogP contribution in [0.25, 0.3) is 0 Å². The average molecular weight is 349 g/mol. The van der Waals surface area contributed by atoms with Crippen LogP contribution in [0, 0.1) is 0 Å². The van der Waals surface area contributed by atoms with Gasteiger partial charge in [0, 0.05) is 13.1 Å². The van der Waals surface area contributed by atoms with Crippen molar-refractivity contribution >= 4 is 29.3 Å². The van der Waals surface area contributed by atoms with Crippen molar-refractivity contribution in [2.24, 2.45) is 0 Å². The molecule has 0 fully saturated rings. The summed E-state index contributed by atoms with van der Waals surface area (Å²) in [4.78, 5) is 25.7. The number of hydrogen-bond acceptors (Lipinski definition) is 7. The molecule has 0 unspecified atom stereocenters. The molecule has 0 bridgehead atoms. The maximum absolute atomic E-state index is 12.1. The van der Waals surface area contributed by atoms with Gasteiger partial charge in [-0.1, -0.05) is 0 Å². The molecule has 7 nitrogen and oxygen atoms in total. The van der Waals surface area contributed by atoms with Gasteiger partial charge in [-0.25, -0.2) is 9.59 Å². The van der Waals surface area contributed by atoms with Gasteiger partial charge in [0.25, 0.3) is 5.17 Å². The highest BCUT2D eigenvalue weighted by Gasteiger charge is 2.38. The maximum atomic E-state index is 12.1. The van der Waals surface area contributed by atoms with Gasteiger partial charge in [0.15, 0.2) is 6.10 Å². The zero-order chi connectivity index (χ0) is 18.2. The molecular formula is C15H27NO6S. The Morgan fingerprint density at radius 3 is 1.78 bits per heavy atom. The van der Waals surface area contributed by atoms with Crippen LogP contribution in [-0.4, -0.2) is 64.6 Å². The Morgan fingerprint density at radius 2 is 1.39 bits per heavy atom. The molecule has 1 N–H and O–H groups in total. The Morgan fingerprint density at radius 1 is 0.957 bits per heavy atom. The second-order valence-electron chi connectivity index (χ2n) is 5.39. The molecule has 134 valence electrons. The number of aliphatic hydroxyl groups excluding tert-OH is 1. The van der Waals surface area contributed by atoms with Gasteiger partial charge in [0.1, 0.15) is 0 Å². The predicted molar refractivity (Wildman–Crippen MR) is 88.9 cm³/mol. The molecule has 0 aliphatic heterocycles. The van der Waals surface area contributed by atoms with E-state index < -0.39 is 36.4 Å². The number of aliphatic hydroxyl groups is 1. The first-order chi connectivity index (χ1) is 10.6. The molecule has 0 aromatic carbocycles. The first-order valence-corrected chi connectivity index (χ1v) is 8.09. The maximum Gasteiger partial charge on any atom is 0.351 e. The lowest BCUT2D eigenvalue weighted by atomic mass is 10.2. The highest BCUT2D eigenvalue weighted by atomic mass is 32.1. The van der Waals surface area contributed by atoms with E-state index >= 15 is 0 Å². The normalized spacial score (nSPS) is 13.4. The van der Waals surface area contributed by atoms with Gasteiger partial charge >= 0.3 is 11.9 Å². The lowest BCUT2D eigenvalue weighted by Crippen LogP contribution is -2.48. The monoisotopic (exact) mass is 349 g/mol.